The van der Waals surface area contributed by atoms with E-state index in [-0.39, 0.29) is 53.7 Å². The summed E-state index contributed by atoms with van der Waals surface area (Å²) in [5.74, 6) is -6.49. The lowest BCUT2D eigenvalue weighted by Gasteiger charge is -2.29. The molecule has 0 saturated carbocycles. The molecule has 0 amide bonds. The topological polar surface area (TPSA) is 282 Å². The number of rotatable bonds is 20. The molecule has 2 aromatic rings. The van der Waals surface area contributed by atoms with Gasteiger partial charge in [-0.1, -0.05) is 58.1 Å². The van der Waals surface area contributed by atoms with Crippen LogP contribution in [0.1, 0.15) is 117 Å². The zero-order valence-electron chi connectivity index (χ0n) is 34.7. The maximum atomic E-state index is 15.4. The van der Waals surface area contributed by atoms with Crippen molar-refractivity contribution >= 4 is 56.0 Å². The number of carboxylic acids is 2. The first kappa shape index (κ1) is 49.7. The van der Waals surface area contributed by atoms with Gasteiger partial charge in [0.15, 0.2) is 0 Å². The van der Waals surface area contributed by atoms with Gasteiger partial charge in [0, 0.05) is 49.9 Å². The molecule has 6 N–H and O–H groups in total. The van der Waals surface area contributed by atoms with Gasteiger partial charge in [0.1, 0.15) is 5.83 Å². The summed E-state index contributed by atoms with van der Waals surface area (Å²) >= 11 is 0. The number of carboxylic acid groups (broad SMARTS) is 2. The molecule has 18 nitrogen and oxygen atoms in total. The first-order valence-electron chi connectivity index (χ1n) is 19.0. The van der Waals surface area contributed by atoms with Gasteiger partial charge >= 0.3 is 11.9 Å². The molecule has 2 aromatic heterocycles. The fraction of sp³-hybridized carbons (Fsp3) is 0.538. The third kappa shape index (κ3) is 13.7. The molecule has 0 saturated heterocycles. The SMILES string of the molecule is CC(C)c1nc(N(C)S(C)(=O)=O)nc(C2C=CC(F)=CCC2c2nc(N(C)S(C)(=O)=O)nc(C(C)C)c2/C=C/[C@@H](O)C[C@@H](O)CC(=O)O)c1/C=C/[C@@H](O)C[C@@H](O)CC(=O)O. The predicted molar refractivity (Wildman–Crippen MR) is 223 cm³/mol. The van der Waals surface area contributed by atoms with Gasteiger partial charge in [-0.05, 0) is 30.4 Å². The van der Waals surface area contributed by atoms with Gasteiger partial charge in [-0.2, -0.15) is 0 Å². The smallest absolute Gasteiger partial charge is 0.305 e. The maximum Gasteiger partial charge on any atom is 0.305 e. The molecule has 0 aromatic carbocycles. The Balaban J connectivity index is 2.50. The van der Waals surface area contributed by atoms with Crippen LogP contribution in [0.4, 0.5) is 16.3 Å². The Bertz CT molecular complexity index is 2230. The molecule has 332 valence electrons. The molecule has 0 aliphatic heterocycles. The molecule has 0 fully saturated rings. The van der Waals surface area contributed by atoms with Gasteiger partial charge in [-0.15, -0.1) is 0 Å². The number of hydrogen-bond acceptors (Lipinski definition) is 14. The first-order valence-corrected chi connectivity index (χ1v) is 22.7. The molecule has 6 atom stereocenters. The van der Waals surface area contributed by atoms with Gasteiger partial charge < -0.3 is 30.6 Å². The number of halogens is 1. The van der Waals surface area contributed by atoms with Crippen molar-refractivity contribution in [1.29, 1.82) is 0 Å². The van der Waals surface area contributed by atoms with Crippen molar-refractivity contribution in [2.45, 2.75) is 108 Å². The van der Waals surface area contributed by atoms with E-state index in [2.05, 4.69) is 9.97 Å². The number of aliphatic hydroxyl groups is 4. The maximum absolute atomic E-state index is 15.4. The molecular weight excluding hydrogens is 828 g/mol. The predicted octanol–water partition coefficient (Wildman–Crippen LogP) is 3.19. The fourth-order valence-corrected chi connectivity index (χ4v) is 7.12. The summed E-state index contributed by atoms with van der Waals surface area (Å²) < 4.78 is 68.6. The van der Waals surface area contributed by atoms with Crippen LogP contribution < -0.4 is 8.61 Å². The number of aliphatic carboxylic acids is 2. The molecule has 0 bridgehead atoms. The Hall–Kier alpha value is -4.67. The molecule has 2 heterocycles. The molecule has 0 spiro atoms. The highest BCUT2D eigenvalue weighted by Crippen LogP contribution is 2.44. The van der Waals surface area contributed by atoms with E-state index in [1.54, 1.807) is 27.7 Å². The van der Waals surface area contributed by atoms with Crippen LogP contribution in [0.25, 0.3) is 12.2 Å². The monoisotopic (exact) mass is 882 g/mol. The number of nitrogens with zero attached hydrogens (tertiary/aromatic N) is 6. The second-order valence-corrected chi connectivity index (χ2v) is 19.4. The largest absolute Gasteiger partial charge is 0.481 e. The molecule has 1 aliphatic rings. The summed E-state index contributed by atoms with van der Waals surface area (Å²) in [4.78, 5) is 41.0. The van der Waals surface area contributed by atoms with Crippen LogP contribution in [-0.2, 0) is 29.6 Å². The number of anilines is 2. The standard InChI is InChI=1S/C39H55FN6O12S2/c1-21(2)34-30(15-11-24(47)17-26(49)19-32(51)52)36(43-38(41-34)45(5)59(7,55)56)28-13-9-23(40)10-14-29(28)37-31(16-12-25(48)18-27(50)20-33(53)54)35(22(3)4)42-39(44-37)46(6)60(8,57)58/h9-13,15-16,21-22,24-29,47-50H,14,17-20H2,1-8H3,(H,51,52)(H,53,54)/b15-11+,16-12+/t24-,25-,26-,27-,28?,29?/m1/s1. The summed E-state index contributed by atoms with van der Waals surface area (Å²) in [6, 6.07) is 0. The highest BCUT2D eigenvalue weighted by molar-refractivity contribution is 7.92. The normalized spacial score (nSPS) is 18.4. The Morgan fingerprint density at radius 3 is 1.53 bits per heavy atom. The average Bonchev–Trinajstić information content (AvgIpc) is 3.31. The van der Waals surface area contributed by atoms with E-state index in [0.29, 0.717) is 11.4 Å². The van der Waals surface area contributed by atoms with Crippen molar-refractivity contribution in [1.82, 2.24) is 19.9 Å². The van der Waals surface area contributed by atoms with Crippen molar-refractivity contribution in [3.63, 3.8) is 0 Å². The van der Waals surface area contributed by atoms with E-state index in [0.717, 1.165) is 21.1 Å². The van der Waals surface area contributed by atoms with Gasteiger partial charge in [-0.3, -0.25) is 9.59 Å². The first-order chi connectivity index (χ1) is 27.7. The Kier molecular flexibility index (Phi) is 17.2. The number of aliphatic hydroxyl groups excluding tert-OH is 4. The van der Waals surface area contributed by atoms with Gasteiger partial charge in [0.25, 0.3) is 0 Å². The average molecular weight is 883 g/mol. The van der Waals surface area contributed by atoms with Crippen LogP contribution in [0.15, 0.2) is 36.2 Å². The van der Waals surface area contributed by atoms with E-state index in [1.807, 2.05) is 0 Å². The Morgan fingerprint density at radius 1 is 0.750 bits per heavy atom. The van der Waals surface area contributed by atoms with Crippen LogP contribution in [0, 0.1) is 0 Å². The minimum absolute atomic E-state index is 0.105. The molecule has 21 heteroatoms. The zero-order chi connectivity index (χ0) is 45.4. The van der Waals surface area contributed by atoms with Crippen molar-refractivity contribution in [3.05, 3.63) is 70.1 Å². The number of allylic oxidation sites excluding steroid dienone is 4. The Labute approximate surface area is 349 Å². The number of carbonyl (C=O) groups is 2. The summed E-state index contributed by atoms with van der Waals surface area (Å²) in [7, 11) is -5.40. The number of aromatic nitrogens is 4. The summed E-state index contributed by atoms with van der Waals surface area (Å²) in [5, 5.41) is 60.4. The van der Waals surface area contributed by atoms with Gasteiger partial charge in [0.05, 0.1) is 72.5 Å². The van der Waals surface area contributed by atoms with Crippen LogP contribution >= 0.6 is 0 Å². The van der Waals surface area contributed by atoms with E-state index < -0.39 is 98.7 Å². The third-order valence-electron chi connectivity index (χ3n) is 9.59. The molecular formula is C39H55FN6O12S2. The minimum Gasteiger partial charge on any atom is -0.481 e. The number of sulfonamides is 2. The lowest BCUT2D eigenvalue weighted by atomic mass is 9.79. The Morgan fingerprint density at radius 2 is 1.15 bits per heavy atom. The highest BCUT2D eigenvalue weighted by atomic mass is 32.2. The van der Waals surface area contributed by atoms with Crippen LogP contribution in [0.5, 0.6) is 0 Å². The van der Waals surface area contributed by atoms with E-state index in [4.69, 9.17) is 20.2 Å². The van der Waals surface area contributed by atoms with Crippen LogP contribution in [-0.4, -0.2) is 130 Å². The van der Waals surface area contributed by atoms with Crippen molar-refractivity contribution in [2.75, 3.05) is 35.2 Å². The van der Waals surface area contributed by atoms with E-state index in [9.17, 15) is 46.9 Å². The minimum atomic E-state index is -3.95. The fourth-order valence-electron chi connectivity index (χ4n) is 6.37. The lowest BCUT2D eigenvalue weighted by molar-refractivity contribution is -0.140. The van der Waals surface area contributed by atoms with Crippen LogP contribution in [0.3, 0.4) is 0 Å². The van der Waals surface area contributed by atoms with Gasteiger partial charge in [0.2, 0.25) is 31.9 Å². The van der Waals surface area contributed by atoms with Crippen molar-refractivity contribution in [3.8, 4) is 0 Å². The second kappa shape index (κ2) is 20.7. The molecule has 0 radical (unpaired) electrons. The summed E-state index contributed by atoms with van der Waals surface area (Å²) in [5.41, 5.74) is 1.46. The molecule has 2 unspecified atom stereocenters. The van der Waals surface area contributed by atoms with Crippen molar-refractivity contribution < 1.29 is 61.5 Å². The van der Waals surface area contributed by atoms with E-state index in [1.165, 1.54) is 56.6 Å². The highest BCUT2D eigenvalue weighted by Gasteiger charge is 2.35. The van der Waals surface area contributed by atoms with Crippen molar-refractivity contribution in [2.24, 2.45) is 0 Å². The molecule has 3 rings (SSSR count). The van der Waals surface area contributed by atoms with Gasteiger partial charge in [-0.25, -0.2) is 49.8 Å². The summed E-state index contributed by atoms with van der Waals surface area (Å²) in [6.07, 6.45) is 3.77. The lowest BCUT2D eigenvalue weighted by Crippen LogP contribution is -2.29. The van der Waals surface area contributed by atoms with Crippen LogP contribution in [0.2, 0.25) is 0 Å². The molecule has 1 aliphatic carbocycles. The second-order valence-electron chi connectivity index (χ2n) is 15.3. The quantitative estimate of drug-likeness (QED) is 0.111. The number of hydrogen-bond donors (Lipinski definition) is 6. The third-order valence-corrected chi connectivity index (χ3v) is 11.9. The zero-order valence-corrected chi connectivity index (χ0v) is 36.3. The van der Waals surface area contributed by atoms with E-state index >= 15 is 4.39 Å². The summed E-state index contributed by atoms with van der Waals surface area (Å²) in [6.45, 7) is 7.10. The molecule has 60 heavy (non-hydrogen) atoms.